The molecule has 2 aromatic rings. The van der Waals surface area contributed by atoms with Crippen LogP contribution in [0.2, 0.25) is 0 Å². The second kappa shape index (κ2) is 6.82. The van der Waals surface area contributed by atoms with Gasteiger partial charge in [-0.2, -0.15) is 0 Å². The summed E-state index contributed by atoms with van der Waals surface area (Å²) in [5, 5.41) is 4.09. The number of carbonyl (C=O) groups is 2. The second-order valence-corrected chi connectivity index (χ2v) is 5.04. The van der Waals surface area contributed by atoms with Crippen molar-refractivity contribution in [2.45, 2.75) is 6.42 Å². The fraction of sp³-hybridized carbons (Fsp3) is 0.118. The van der Waals surface area contributed by atoms with Crippen molar-refractivity contribution in [3.63, 3.8) is 0 Å². The minimum Gasteiger partial charge on any atom is -0.481 e. The molecule has 2 N–H and O–H groups in total. The molecule has 0 saturated carbocycles. The molecule has 0 unspecified atom stereocenters. The summed E-state index contributed by atoms with van der Waals surface area (Å²) in [6, 6.07) is 12.4. The van der Waals surface area contributed by atoms with Gasteiger partial charge in [0, 0.05) is 12.5 Å². The van der Waals surface area contributed by atoms with Crippen molar-refractivity contribution in [1.82, 2.24) is 10.4 Å². The van der Waals surface area contributed by atoms with Gasteiger partial charge in [0.1, 0.15) is 5.70 Å². The molecule has 1 aliphatic rings. The van der Waals surface area contributed by atoms with Crippen molar-refractivity contribution in [2.75, 3.05) is 17.4 Å². The summed E-state index contributed by atoms with van der Waals surface area (Å²) in [6.07, 6.45) is 3.21. The predicted molar refractivity (Wildman–Crippen MR) is 89.2 cm³/mol. The van der Waals surface area contributed by atoms with Crippen LogP contribution in [0.4, 0.5) is 11.4 Å². The summed E-state index contributed by atoms with van der Waals surface area (Å²) in [6.45, 7) is 0. The van der Waals surface area contributed by atoms with Gasteiger partial charge in [-0.3, -0.25) is 15.0 Å². The van der Waals surface area contributed by atoms with Crippen molar-refractivity contribution in [3.05, 3.63) is 60.4 Å². The number of ether oxygens (including phenoxy) is 1. The number of para-hydroxylation sites is 1. The van der Waals surface area contributed by atoms with E-state index < -0.39 is 0 Å². The number of pyridine rings is 1. The SMILES string of the molecule is COc1ccc(NC(=O)C2=CCC(=O)N(c3ccccc3)N2)cn1. The van der Waals surface area contributed by atoms with Crippen LogP contribution in [0.15, 0.2) is 60.4 Å². The maximum atomic E-state index is 12.4. The van der Waals surface area contributed by atoms with Gasteiger partial charge in [-0.15, -0.1) is 0 Å². The summed E-state index contributed by atoms with van der Waals surface area (Å²) in [5.74, 6) is -0.0249. The van der Waals surface area contributed by atoms with Crippen molar-refractivity contribution in [1.29, 1.82) is 0 Å². The fourth-order valence-corrected chi connectivity index (χ4v) is 2.21. The number of aromatic nitrogens is 1. The largest absolute Gasteiger partial charge is 0.481 e. The third kappa shape index (κ3) is 3.35. The highest BCUT2D eigenvalue weighted by molar-refractivity contribution is 6.06. The number of nitrogens with one attached hydrogen (secondary N) is 2. The highest BCUT2D eigenvalue weighted by Gasteiger charge is 2.24. The first-order valence-electron chi connectivity index (χ1n) is 7.33. The maximum Gasteiger partial charge on any atom is 0.273 e. The van der Waals surface area contributed by atoms with Crippen LogP contribution >= 0.6 is 0 Å². The van der Waals surface area contributed by atoms with E-state index in [1.54, 1.807) is 30.3 Å². The second-order valence-electron chi connectivity index (χ2n) is 5.04. The molecule has 24 heavy (non-hydrogen) atoms. The molecule has 0 fully saturated rings. The molecule has 1 aromatic carbocycles. The zero-order chi connectivity index (χ0) is 16.9. The van der Waals surface area contributed by atoms with E-state index in [1.807, 2.05) is 18.2 Å². The van der Waals surface area contributed by atoms with Crippen LogP contribution in [-0.4, -0.2) is 23.9 Å². The number of carbonyl (C=O) groups excluding carboxylic acids is 2. The first kappa shape index (κ1) is 15.5. The molecule has 2 heterocycles. The lowest BCUT2D eigenvalue weighted by molar-refractivity contribution is -0.119. The van der Waals surface area contributed by atoms with Crippen LogP contribution in [-0.2, 0) is 9.59 Å². The van der Waals surface area contributed by atoms with Crippen LogP contribution in [0.1, 0.15) is 6.42 Å². The Kier molecular flexibility index (Phi) is 4.42. The maximum absolute atomic E-state index is 12.4. The van der Waals surface area contributed by atoms with Gasteiger partial charge in [0.15, 0.2) is 0 Å². The van der Waals surface area contributed by atoms with Crippen LogP contribution in [0.25, 0.3) is 0 Å². The summed E-state index contributed by atoms with van der Waals surface area (Å²) in [7, 11) is 1.52. The standard InChI is InChI=1S/C17H16N4O3/c1-24-15-9-7-12(11-18-15)19-17(23)14-8-10-16(22)21(20-14)13-5-3-2-4-6-13/h2-9,11,20H,10H2,1H3,(H,19,23). The summed E-state index contributed by atoms with van der Waals surface area (Å²) in [5.41, 5.74) is 4.36. The topological polar surface area (TPSA) is 83.6 Å². The van der Waals surface area contributed by atoms with E-state index in [1.165, 1.54) is 18.3 Å². The van der Waals surface area contributed by atoms with E-state index in [-0.39, 0.29) is 18.2 Å². The summed E-state index contributed by atoms with van der Waals surface area (Å²) < 4.78 is 4.97. The molecule has 3 rings (SSSR count). The zero-order valence-electron chi connectivity index (χ0n) is 13.0. The highest BCUT2D eigenvalue weighted by atomic mass is 16.5. The molecule has 0 bridgehead atoms. The summed E-state index contributed by atoms with van der Waals surface area (Å²) >= 11 is 0. The molecule has 2 amide bonds. The van der Waals surface area contributed by atoms with E-state index in [0.29, 0.717) is 23.0 Å². The third-order valence-electron chi connectivity index (χ3n) is 3.42. The van der Waals surface area contributed by atoms with Crippen molar-refractivity contribution >= 4 is 23.2 Å². The molecule has 7 nitrogen and oxygen atoms in total. The van der Waals surface area contributed by atoms with Gasteiger partial charge in [0.05, 0.1) is 24.7 Å². The molecular formula is C17H16N4O3. The lowest BCUT2D eigenvalue weighted by Gasteiger charge is -2.28. The fourth-order valence-electron chi connectivity index (χ4n) is 2.21. The average Bonchev–Trinajstić information content (AvgIpc) is 2.63. The van der Waals surface area contributed by atoms with E-state index in [2.05, 4.69) is 15.7 Å². The molecule has 0 aliphatic carbocycles. The number of hydrogen-bond donors (Lipinski definition) is 2. The van der Waals surface area contributed by atoms with Gasteiger partial charge in [0.25, 0.3) is 5.91 Å². The van der Waals surface area contributed by atoms with Gasteiger partial charge in [-0.05, 0) is 24.3 Å². The van der Waals surface area contributed by atoms with Crippen LogP contribution < -0.4 is 20.5 Å². The average molecular weight is 324 g/mol. The Morgan fingerprint density at radius 2 is 2.04 bits per heavy atom. The van der Waals surface area contributed by atoms with Gasteiger partial charge in [-0.25, -0.2) is 9.99 Å². The zero-order valence-corrected chi connectivity index (χ0v) is 13.0. The number of anilines is 2. The number of methoxy groups -OCH3 is 1. The molecule has 1 aromatic heterocycles. The molecule has 0 spiro atoms. The van der Waals surface area contributed by atoms with Gasteiger partial charge < -0.3 is 10.1 Å². The lowest BCUT2D eigenvalue weighted by atomic mass is 10.2. The molecule has 1 aliphatic heterocycles. The van der Waals surface area contributed by atoms with Crippen molar-refractivity contribution in [2.24, 2.45) is 0 Å². The van der Waals surface area contributed by atoms with Crippen molar-refractivity contribution in [3.8, 4) is 5.88 Å². The number of hydrogen-bond acceptors (Lipinski definition) is 5. The highest BCUT2D eigenvalue weighted by Crippen LogP contribution is 2.18. The molecule has 0 atom stereocenters. The van der Waals surface area contributed by atoms with Crippen LogP contribution in [0.5, 0.6) is 5.88 Å². The Hall–Kier alpha value is -3.35. The first-order chi connectivity index (χ1) is 11.7. The quantitative estimate of drug-likeness (QED) is 0.897. The summed E-state index contributed by atoms with van der Waals surface area (Å²) in [4.78, 5) is 28.5. The normalized spacial score (nSPS) is 13.8. The van der Waals surface area contributed by atoms with E-state index >= 15 is 0 Å². The number of nitrogens with zero attached hydrogens (tertiary/aromatic N) is 2. The minimum absolute atomic E-state index is 0.135. The van der Waals surface area contributed by atoms with Crippen LogP contribution in [0, 0.1) is 0 Å². The first-order valence-corrected chi connectivity index (χ1v) is 7.33. The third-order valence-corrected chi connectivity index (χ3v) is 3.42. The number of benzene rings is 1. The Labute approximate surface area is 138 Å². The van der Waals surface area contributed by atoms with E-state index in [9.17, 15) is 9.59 Å². The number of amides is 2. The number of hydrazine groups is 1. The molecular weight excluding hydrogens is 308 g/mol. The van der Waals surface area contributed by atoms with E-state index in [4.69, 9.17) is 4.74 Å². The van der Waals surface area contributed by atoms with Gasteiger partial charge in [-0.1, -0.05) is 18.2 Å². The molecule has 0 saturated heterocycles. The van der Waals surface area contributed by atoms with E-state index in [0.717, 1.165) is 0 Å². The minimum atomic E-state index is -0.351. The lowest BCUT2D eigenvalue weighted by Crippen LogP contribution is -2.47. The van der Waals surface area contributed by atoms with Gasteiger partial charge in [0.2, 0.25) is 11.8 Å². The monoisotopic (exact) mass is 324 g/mol. The molecule has 122 valence electrons. The number of rotatable bonds is 4. The Balaban J connectivity index is 1.71. The van der Waals surface area contributed by atoms with Crippen LogP contribution in [0.3, 0.4) is 0 Å². The predicted octanol–water partition coefficient (Wildman–Crippen LogP) is 1.85. The Morgan fingerprint density at radius 1 is 1.25 bits per heavy atom. The molecule has 0 radical (unpaired) electrons. The van der Waals surface area contributed by atoms with Gasteiger partial charge >= 0.3 is 0 Å². The molecule has 7 heteroatoms. The Morgan fingerprint density at radius 3 is 2.71 bits per heavy atom. The Bertz CT molecular complexity index is 772. The van der Waals surface area contributed by atoms with Crippen molar-refractivity contribution < 1.29 is 14.3 Å². The smallest absolute Gasteiger partial charge is 0.273 e.